The molecule has 1 aliphatic carbocycles. The van der Waals surface area contributed by atoms with Crippen LogP contribution >= 0.6 is 11.3 Å². The van der Waals surface area contributed by atoms with Gasteiger partial charge in [-0.2, -0.15) is 0 Å². The van der Waals surface area contributed by atoms with E-state index < -0.39 is 6.35 Å². The number of hydrogen-bond acceptors (Lipinski definition) is 9. The van der Waals surface area contributed by atoms with Crippen LogP contribution in [0.2, 0.25) is 0 Å². The quantitative estimate of drug-likeness (QED) is 0.301. The standard InChI is InChI=1S/C33H44N6O3S/c1-21(2)31-36-37-32(43-31)23-10-12-28(13-11-23)42-29-18-24(8-9-25(29)20-39-19-22(3)34-33(39)41)30(40)35-26-14-16-38(17-15-26)27-6-4-5-7-27/h8-13,18,21-22,26-27,33-34,41H,4-7,14-17,19-20H2,1-3H3,(H,35,40). The molecule has 2 unspecified atom stereocenters. The van der Waals surface area contributed by atoms with Crippen LogP contribution < -0.4 is 15.4 Å². The molecular formula is C33H44N6O3S. The fourth-order valence-corrected chi connectivity index (χ4v) is 7.33. The van der Waals surface area contributed by atoms with Gasteiger partial charge in [-0.05, 0) is 69.0 Å². The molecular weight excluding hydrogens is 560 g/mol. The molecule has 0 radical (unpaired) electrons. The number of nitrogens with zero attached hydrogens (tertiary/aromatic N) is 4. The molecule has 3 heterocycles. The Balaban J connectivity index is 1.16. The molecule has 1 aromatic heterocycles. The van der Waals surface area contributed by atoms with E-state index in [0.29, 0.717) is 29.5 Å². The third kappa shape index (κ3) is 7.26. The molecule has 9 nitrogen and oxygen atoms in total. The van der Waals surface area contributed by atoms with Crippen molar-refractivity contribution in [1.82, 2.24) is 30.6 Å². The number of amides is 1. The summed E-state index contributed by atoms with van der Waals surface area (Å²) in [4.78, 5) is 18.0. The van der Waals surface area contributed by atoms with Gasteiger partial charge in [0, 0.05) is 66.9 Å². The zero-order chi connectivity index (χ0) is 29.9. The van der Waals surface area contributed by atoms with E-state index in [0.717, 1.165) is 59.7 Å². The Bertz CT molecular complexity index is 1380. The first kappa shape index (κ1) is 30.1. The Labute approximate surface area is 258 Å². The smallest absolute Gasteiger partial charge is 0.251 e. The van der Waals surface area contributed by atoms with Crippen LogP contribution in [0, 0.1) is 0 Å². The summed E-state index contributed by atoms with van der Waals surface area (Å²) in [6, 6.07) is 14.6. The van der Waals surface area contributed by atoms with Gasteiger partial charge in [-0.25, -0.2) is 0 Å². The molecule has 1 amide bonds. The molecule has 3 aliphatic rings. The first-order valence-electron chi connectivity index (χ1n) is 15.8. The summed E-state index contributed by atoms with van der Waals surface area (Å²) >= 11 is 1.60. The Hall–Kier alpha value is -2.89. The molecule has 0 bridgehead atoms. The van der Waals surface area contributed by atoms with Gasteiger partial charge in [-0.15, -0.1) is 10.2 Å². The highest BCUT2D eigenvalue weighted by molar-refractivity contribution is 7.14. The van der Waals surface area contributed by atoms with Gasteiger partial charge in [-0.3, -0.25) is 15.0 Å². The summed E-state index contributed by atoms with van der Waals surface area (Å²) in [5.74, 6) is 1.55. The molecule has 2 atom stereocenters. The predicted molar refractivity (Wildman–Crippen MR) is 169 cm³/mol. The maximum Gasteiger partial charge on any atom is 0.251 e. The second-order valence-corrected chi connectivity index (χ2v) is 13.7. The molecule has 2 aliphatic heterocycles. The Morgan fingerprint density at radius 3 is 2.49 bits per heavy atom. The highest BCUT2D eigenvalue weighted by Gasteiger charge is 2.29. The third-order valence-corrected chi connectivity index (χ3v) is 10.2. The summed E-state index contributed by atoms with van der Waals surface area (Å²) in [5, 5.41) is 27.5. The average molecular weight is 605 g/mol. The highest BCUT2D eigenvalue weighted by Crippen LogP contribution is 2.33. The zero-order valence-electron chi connectivity index (χ0n) is 25.5. The SMILES string of the molecule is CC1CN(Cc2ccc(C(=O)NC3CCN(C4CCCC4)CC3)cc2Oc2ccc(-c3nnc(C(C)C)s3)cc2)C(O)N1. The maximum atomic E-state index is 13.4. The number of hydrogen-bond donors (Lipinski definition) is 3. The normalized spacial score (nSPS) is 22.4. The van der Waals surface area contributed by atoms with Crippen LogP contribution in [0.15, 0.2) is 42.5 Å². The Kier molecular flexibility index (Phi) is 9.39. The fraction of sp³-hybridized carbons (Fsp3) is 0.545. The summed E-state index contributed by atoms with van der Waals surface area (Å²) in [7, 11) is 0. The molecule has 6 rings (SSSR count). The van der Waals surface area contributed by atoms with Crippen molar-refractivity contribution in [3.8, 4) is 22.1 Å². The van der Waals surface area contributed by atoms with Crippen LogP contribution in [0.3, 0.4) is 0 Å². The monoisotopic (exact) mass is 604 g/mol. The number of rotatable bonds is 9. The van der Waals surface area contributed by atoms with Crippen molar-refractivity contribution < 1.29 is 14.6 Å². The molecule has 43 heavy (non-hydrogen) atoms. The van der Waals surface area contributed by atoms with Gasteiger partial charge in [-0.1, -0.05) is 44.1 Å². The van der Waals surface area contributed by atoms with Crippen LogP contribution in [0.4, 0.5) is 0 Å². The van der Waals surface area contributed by atoms with Crippen LogP contribution in [0.25, 0.3) is 10.6 Å². The Morgan fingerprint density at radius 1 is 1.09 bits per heavy atom. The van der Waals surface area contributed by atoms with Crippen molar-refractivity contribution in [3.63, 3.8) is 0 Å². The lowest BCUT2D eigenvalue weighted by atomic mass is 10.0. The van der Waals surface area contributed by atoms with E-state index in [1.165, 1.54) is 25.7 Å². The molecule has 3 N–H and O–H groups in total. The number of aromatic nitrogens is 2. The number of carbonyl (C=O) groups excluding carboxylic acids is 1. The van der Waals surface area contributed by atoms with Gasteiger partial charge in [0.15, 0.2) is 6.35 Å². The minimum absolute atomic E-state index is 0.0696. The molecule has 2 aromatic carbocycles. The summed E-state index contributed by atoms with van der Waals surface area (Å²) in [6.07, 6.45) is 6.59. The van der Waals surface area contributed by atoms with E-state index in [-0.39, 0.29) is 18.0 Å². The second-order valence-electron chi connectivity index (χ2n) is 12.6. The first-order valence-corrected chi connectivity index (χ1v) is 16.6. The van der Waals surface area contributed by atoms with Gasteiger partial charge in [0.2, 0.25) is 0 Å². The average Bonchev–Trinajstić information content (AvgIpc) is 3.77. The minimum Gasteiger partial charge on any atom is -0.457 e. The van der Waals surface area contributed by atoms with E-state index >= 15 is 0 Å². The molecule has 3 aromatic rings. The topological polar surface area (TPSA) is 103 Å². The number of carbonyl (C=O) groups is 1. The molecule has 2 saturated heterocycles. The zero-order valence-corrected chi connectivity index (χ0v) is 26.3. The van der Waals surface area contributed by atoms with E-state index in [2.05, 4.69) is 46.5 Å². The largest absolute Gasteiger partial charge is 0.457 e. The number of aliphatic hydroxyl groups is 1. The van der Waals surface area contributed by atoms with E-state index in [4.69, 9.17) is 4.74 Å². The first-order chi connectivity index (χ1) is 20.8. The fourth-order valence-electron chi connectivity index (χ4n) is 6.48. The number of likely N-dealkylation sites (tertiary alicyclic amines) is 1. The van der Waals surface area contributed by atoms with Crippen molar-refractivity contribution in [2.45, 2.75) is 96.2 Å². The van der Waals surface area contributed by atoms with E-state index in [1.807, 2.05) is 47.4 Å². The molecule has 230 valence electrons. The van der Waals surface area contributed by atoms with Crippen LogP contribution in [0.1, 0.15) is 86.1 Å². The number of aliphatic hydroxyl groups excluding tert-OH is 1. The van der Waals surface area contributed by atoms with Gasteiger partial charge < -0.3 is 20.1 Å². The van der Waals surface area contributed by atoms with Crippen molar-refractivity contribution in [1.29, 1.82) is 0 Å². The number of ether oxygens (including phenoxy) is 1. The Morgan fingerprint density at radius 2 is 1.84 bits per heavy atom. The van der Waals surface area contributed by atoms with Crippen LogP contribution in [-0.4, -0.2) is 75.1 Å². The minimum atomic E-state index is -0.720. The predicted octanol–water partition coefficient (Wildman–Crippen LogP) is 5.33. The second kappa shape index (κ2) is 13.4. The highest BCUT2D eigenvalue weighted by atomic mass is 32.1. The van der Waals surface area contributed by atoms with Crippen molar-refractivity contribution in [2.24, 2.45) is 0 Å². The van der Waals surface area contributed by atoms with Crippen molar-refractivity contribution in [3.05, 3.63) is 58.6 Å². The van der Waals surface area contributed by atoms with Gasteiger partial charge >= 0.3 is 0 Å². The van der Waals surface area contributed by atoms with Crippen LogP contribution in [-0.2, 0) is 6.54 Å². The van der Waals surface area contributed by atoms with Gasteiger partial charge in [0.05, 0.1) is 0 Å². The summed E-state index contributed by atoms with van der Waals surface area (Å²) in [6.45, 7) is 9.61. The summed E-state index contributed by atoms with van der Waals surface area (Å²) < 4.78 is 6.42. The lowest BCUT2D eigenvalue weighted by molar-refractivity contribution is 0.0163. The number of piperidine rings is 1. The van der Waals surface area contributed by atoms with Crippen molar-refractivity contribution in [2.75, 3.05) is 19.6 Å². The lowest BCUT2D eigenvalue weighted by Crippen LogP contribution is -2.47. The molecule has 0 spiro atoms. The van der Waals surface area contributed by atoms with Crippen LogP contribution in [0.5, 0.6) is 11.5 Å². The van der Waals surface area contributed by atoms with E-state index in [9.17, 15) is 9.90 Å². The van der Waals surface area contributed by atoms with E-state index in [1.54, 1.807) is 11.3 Å². The van der Waals surface area contributed by atoms with Gasteiger partial charge in [0.25, 0.3) is 5.91 Å². The van der Waals surface area contributed by atoms with Crippen molar-refractivity contribution >= 4 is 17.2 Å². The molecule has 3 fully saturated rings. The maximum absolute atomic E-state index is 13.4. The third-order valence-electron chi connectivity index (χ3n) is 8.96. The van der Waals surface area contributed by atoms with Gasteiger partial charge in [0.1, 0.15) is 21.5 Å². The molecule has 1 saturated carbocycles. The number of benzene rings is 2. The number of nitrogens with one attached hydrogen (secondary N) is 2. The lowest BCUT2D eigenvalue weighted by Gasteiger charge is -2.36. The summed E-state index contributed by atoms with van der Waals surface area (Å²) in [5.41, 5.74) is 2.48. The molecule has 10 heteroatoms.